The van der Waals surface area contributed by atoms with Crippen molar-refractivity contribution in [2.45, 2.75) is 26.3 Å². The van der Waals surface area contributed by atoms with E-state index < -0.39 is 5.97 Å². The predicted octanol–water partition coefficient (Wildman–Crippen LogP) is 4.71. The Kier molecular flexibility index (Phi) is 6.00. The number of hydrogen-bond acceptors (Lipinski definition) is 4. The highest BCUT2D eigenvalue weighted by Gasteiger charge is 2.18. The molecular weight excluding hydrogens is 404 g/mol. The zero-order valence-corrected chi connectivity index (χ0v) is 17.7. The average molecular weight is 428 g/mol. The molecule has 7 heteroatoms. The minimum atomic E-state index is -0.966. The maximum absolute atomic E-state index is 11.8. The van der Waals surface area contributed by atoms with Crippen molar-refractivity contribution in [2.75, 3.05) is 0 Å². The predicted molar refractivity (Wildman–Crippen MR) is 123 cm³/mol. The Balaban J connectivity index is 1.73. The Morgan fingerprint density at radius 2 is 1.75 bits per heavy atom. The van der Waals surface area contributed by atoms with E-state index in [9.17, 15) is 9.90 Å². The Labute approximate surface area is 185 Å². The van der Waals surface area contributed by atoms with Crippen molar-refractivity contribution in [2.24, 2.45) is 0 Å². The lowest BCUT2D eigenvalue weighted by atomic mass is 9.98. The zero-order chi connectivity index (χ0) is 22.7. The van der Waals surface area contributed by atoms with E-state index in [4.69, 9.17) is 15.6 Å². The van der Waals surface area contributed by atoms with E-state index in [2.05, 4.69) is 6.92 Å². The number of aryl methyl sites for hydroxylation is 1. The zero-order valence-electron chi connectivity index (χ0n) is 17.7. The molecule has 0 radical (unpaired) electrons. The Morgan fingerprint density at radius 3 is 2.44 bits per heavy atom. The monoisotopic (exact) mass is 428 g/mol. The fourth-order valence-electron chi connectivity index (χ4n) is 3.98. The summed E-state index contributed by atoms with van der Waals surface area (Å²) in [6.07, 6.45) is 1.67. The Morgan fingerprint density at radius 1 is 1.03 bits per heavy atom. The summed E-state index contributed by atoms with van der Waals surface area (Å²) in [5.41, 5.74) is 6.84. The van der Waals surface area contributed by atoms with Gasteiger partial charge >= 0.3 is 5.97 Å². The summed E-state index contributed by atoms with van der Waals surface area (Å²) in [4.78, 5) is 16.5. The number of hydrogen-bond donors (Lipinski definition) is 4. The van der Waals surface area contributed by atoms with Crippen LogP contribution in [0.4, 0.5) is 0 Å². The molecule has 0 spiro atoms. The molecule has 7 nitrogen and oxygen atoms in total. The number of amidine groups is 1. The lowest BCUT2D eigenvalue weighted by Crippen LogP contribution is -2.19. The summed E-state index contributed by atoms with van der Waals surface area (Å²) in [6, 6.07) is 20.5. The molecule has 0 aliphatic carbocycles. The van der Waals surface area contributed by atoms with Crippen molar-refractivity contribution in [3.63, 3.8) is 0 Å². The van der Waals surface area contributed by atoms with Crippen molar-refractivity contribution in [1.82, 2.24) is 15.0 Å². The molecule has 4 aromatic rings. The molecule has 1 heterocycles. The highest BCUT2D eigenvalue weighted by atomic mass is 16.5. The van der Waals surface area contributed by atoms with Crippen LogP contribution in [0.15, 0.2) is 66.7 Å². The number of hydroxylamine groups is 1. The van der Waals surface area contributed by atoms with E-state index in [0.29, 0.717) is 23.1 Å². The molecule has 0 fully saturated rings. The van der Waals surface area contributed by atoms with Gasteiger partial charge in [-0.15, -0.1) is 0 Å². The van der Waals surface area contributed by atoms with Gasteiger partial charge in [-0.25, -0.2) is 9.78 Å². The minimum Gasteiger partial charge on any atom is -0.478 e. The van der Waals surface area contributed by atoms with E-state index in [1.54, 1.807) is 18.2 Å². The number of fused-ring (bicyclic) bond motifs is 1. The van der Waals surface area contributed by atoms with Gasteiger partial charge in [-0.05, 0) is 35.2 Å². The van der Waals surface area contributed by atoms with Crippen LogP contribution in [0.3, 0.4) is 0 Å². The molecule has 4 rings (SSSR count). The normalized spacial score (nSPS) is 10.9. The summed E-state index contributed by atoms with van der Waals surface area (Å²) in [6.45, 7) is 2.58. The minimum absolute atomic E-state index is 0.0695. The summed E-state index contributed by atoms with van der Waals surface area (Å²) < 4.78 is 2.00. The first-order valence-electron chi connectivity index (χ1n) is 10.4. The maximum atomic E-state index is 11.8. The van der Waals surface area contributed by atoms with Gasteiger partial charge in [0.15, 0.2) is 0 Å². The summed E-state index contributed by atoms with van der Waals surface area (Å²) in [7, 11) is 0. The number of rotatable bonds is 7. The number of nitrogens with one attached hydrogen (secondary N) is 2. The molecule has 3 aromatic carbocycles. The van der Waals surface area contributed by atoms with Crippen LogP contribution in [0.1, 0.15) is 40.7 Å². The van der Waals surface area contributed by atoms with Crippen LogP contribution in [-0.4, -0.2) is 31.7 Å². The number of para-hydroxylation sites is 1. The molecule has 0 aliphatic rings. The molecular formula is C25H24N4O3. The van der Waals surface area contributed by atoms with Crippen LogP contribution >= 0.6 is 0 Å². The lowest BCUT2D eigenvalue weighted by molar-refractivity contribution is 0.0698. The van der Waals surface area contributed by atoms with Crippen LogP contribution in [0.2, 0.25) is 0 Å². The van der Waals surface area contributed by atoms with E-state index in [1.165, 1.54) is 0 Å². The third kappa shape index (κ3) is 3.98. The fraction of sp³-hybridized carbons (Fsp3) is 0.160. The van der Waals surface area contributed by atoms with Crippen molar-refractivity contribution in [3.05, 3.63) is 89.2 Å². The number of aromatic carboxylic acids is 1. The van der Waals surface area contributed by atoms with Gasteiger partial charge in [0.05, 0.1) is 16.6 Å². The van der Waals surface area contributed by atoms with E-state index >= 15 is 0 Å². The quantitative estimate of drug-likeness (QED) is 0.194. The van der Waals surface area contributed by atoms with Gasteiger partial charge < -0.3 is 9.67 Å². The second-order valence-electron chi connectivity index (χ2n) is 7.57. The largest absolute Gasteiger partial charge is 0.478 e. The highest BCUT2D eigenvalue weighted by Crippen LogP contribution is 2.26. The van der Waals surface area contributed by atoms with Crippen molar-refractivity contribution in [3.8, 4) is 11.1 Å². The first-order chi connectivity index (χ1) is 15.5. The molecule has 0 saturated heterocycles. The molecule has 0 aliphatic heterocycles. The molecule has 1 aromatic heterocycles. The molecule has 162 valence electrons. The van der Waals surface area contributed by atoms with Gasteiger partial charge in [0.25, 0.3) is 0 Å². The van der Waals surface area contributed by atoms with Crippen LogP contribution in [0, 0.1) is 5.41 Å². The second-order valence-corrected chi connectivity index (χ2v) is 7.57. The van der Waals surface area contributed by atoms with E-state index in [0.717, 1.165) is 35.4 Å². The smallest absolute Gasteiger partial charge is 0.337 e. The first kappa shape index (κ1) is 21.3. The van der Waals surface area contributed by atoms with Gasteiger partial charge in [-0.2, -0.15) is 0 Å². The Hall–Kier alpha value is -3.97. The molecule has 0 bridgehead atoms. The maximum Gasteiger partial charge on any atom is 0.337 e. The van der Waals surface area contributed by atoms with Gasteiger partial charge in [-0.3, -0.25) is 16.1 Å². The van der Waals surface area contributed by atoms with Crippen LogP contribution < -0.4 is 5.48 Å². The number of carboxylic acid groups (broad SMARTS) is 1. The molecule has 0 amide bonds. The number of nitrogens with zero attached hydrogens (tertiary/aromatic N) is 2. The number of carboxylic acids is 1. The van der Waals surface area contributed by atoms with Crippen LogP contribution in [0.25, 0.3) is 22.2 Å². The summed E-state index contributed by atoms with van der Waals surface area (Å²) in [5, 5.41) is 26.7. The van der Waals surface area contributed by atoms with Crippen LogP contribution in [-0.2, 0) is 13.0 Å². The summed E-state index contributed by atoms with van der Waals surface area (Å²) >= 11 is 0. The molecule has 0 unspecified atom stereocenters. The molecule has 4 N–H and O–H groups in total. The van der Waals surface area contributed by atoms with Gasteiger partial charge in [0, 0.05) is 18.5 Å². The molecule has 0 saturated carbocycles. The van der Waals surface area contributed by atoms with Crippen molar-refractivity contribution in [1.29, 1.82) is 5.41 Å². The van der Waals surface area contributed by atoms with Gasteiger partial charge in [-0.1, -0.05) is 61.5 Å². The highest BCUT2D eigenvalue weighted by molar-refractivity contribution is 6.02. The number of benzene rings is 3. The van der Waals surface area contributed by atoms with Crippen molar-refractivity contribution >= 4 is 22.8 Å². The standard InChI is InChI=1S/C25H24N4O3/c1-2-6-22-27-21-10-5-9-20(25(30)31)23(21)29(22)15-16-11-13-17(14-12-16)18-7-3-4-8-19(18)24(26)28-32/h3-5,7-14,32H,2,6,15H2,1H3,(H2,26,28)(H,30,31). The molecule has 32 heavy (non-hydrogen) atoms. The lowest BCUT2D eigenvalue weighted by Gasteiger charge is -2.13. The average Bonchev–Trinajstić information content (AvgIpc) is 3.16. The van der Waals surface area contributed by atoms with Crippen molar-refractivity contribution < 1.29 is 15.1 Å². The first-order valence-corrected chi connectivity index (χ1v) is 10.4. The summed E-state index contributed by atoms with van der Waals surface area (Å²) in [5.74, 6) is -0.167. The third-order valence-corrected chi connectivity index (χ3v) is 5.46. The van der Waals surface area contributed by atoms with Gasteiger partial charge in [0.2, 0.25) is 0 Å². The SMILES string of the molecule is CCCc1nc2cccc(C(=O)O)c2n1Cc1ccc(-c2ccccc2C(=N)NO)cc1. The number of imidazole rings is 1. The number of aromatic nitrogens is 2. The van der Waals surface area contributed by atoms with Gasteiger partial charge in [0.1, 0.15) is 11.7 Å². The van der Waals surface area contributed by atoms with Crippen LogP contribution in [0.5, 0.6) is 0 Å². The third-order valence-electron chi connectivity index (χ3n) is 5.46. The van der Waals surface area contributed by atoms with E-state index in [1.807, 2.05) is 58.6 Å². The molecule has 0 atom stereocenters. The Bertz CT molecular complexity index is 1290. The number of carbonyl (C=O) groups is 1. The topological polar surface area (TPSA) is 111 Å². The van der Waals surface area contributed by atoms with E-state index in [-0.39, 0.29) is 11.4 Å². The fourth-order valence-corrected chi connectivity index (χ4v) is 3.98. The second kappa shape index (κ2) is 9.03.